The predicted molar refractivity (Wildman–Crippen MR) is 118 cm³/mol. The molecule has 0 radical (unpaired) electrons. The Labute approximate surface area is 187 Å². The molecule has 1 N–H and O–H groups in total. The number of carbonyl (C=O) groups is 2. The van der Waals surface area contributed by atoms with Crippen molar-refractivity contribution >= 4 is 33.5 Å². The second kappa shape index (κ2) is 10.3. The number of nitrogens with zero attached hydrogens (tertiary/aromatic N) is 1. The standard InChI is InChI=1S/C22H25ClN2O5S/c1-30-22(27)17-8-6-16(7-9-17)15-24-21(26)18-10-11-19(23)20(14-18)31(28,29)25-12-4-2-3-5-13-25/h6-11,14H,2-5,12-13,15H2,1H3,(H,24,26). The molecule has 0 atom stereocenters. The molecule has 9 heteroatoms. The number of rotatable bonds is 6. The molecular formula is C22H25ClN2O5S. The molecular weight excluding hydrogens is 440 g/mol. The van der Waals surface area contributed by atoms with E-state index >= 15 is 0 Å². The summed E-state index contributed by atoms with van der Waals surface area (Å²) in [6.07, 6.45) is 3.63. The minimum absolute atomic E-state index is 0.0499. The first-order chi connectivity index (χ1) is 14.8. The Morgan fingerprint density at radius 2 is 1.61 bits per heavy atom. The van der Waals surface area contributed by atoms with Crippen LogP contribution in [0.1, 0.15) is 52.0 Å². The van der Waals surface area contributed by atoms with Crippen LogP contribution in [0.5, 0.6) is 0 Å². The fourth-order valence-corrected chi connectivity index (χ4v) is 5.44. The van der Waals surface area contributed by atoms with Gasteiger partial charge in [-0.05, 0) is 48.7 Å². The van der Waals surface area contributed by atoms with E-state index in [9.17, 15) is 18.0 Å². The van der Waals surface area contributed by atoms with Crippen LogP contribution >= 0.6 is 11.6 Å². The van der Waals surface area contributed by atoms with E-state index in [0.29, 0.717) is 18.7 Å². The Morgan fingerprint density at radius 3 is 2.23 bits per heavy atom. The van der Waals surface area contributed by atoms with Crippen molar-refractivity contribution in [2.75, 3.05) is 20.2 Å². The molecule has 0 unspecified atom stereocenters. The lowest BCUT2D eigenvalue weighted by Crippen LogP contribution is -2.32. The third-order valence-corrected chi connectivity index (χ3v) is 7.58. The maximum absolute atomic E-state index is 13.1. The molecule has 31 heavy (non-hydrogen) atoms. The third kappa shape index (κ3) is 5.64. The lowest BCUT2D eigenvalue weighted by atomic mass is 10.1. The van der Waals surface area contributed by atoms with Crippen molar-refractivity contribution in [3.05, 3.63) is 64.2 Å². The first-order valence-corrected chi connectivity index (χ1v) is 11.9. The lowest BCUT2D eigenvalue weighted by molar-refractivity contribution is 0.0600. The lowest BCUT2D eigenvalue weighted by Gasteiger charge is -2.21. The number of ether oxygens (including phenoxy) is 1. The molecule has 1 heterocycles. The topological polar surface area (TPSA) is 92.8 Å². The molecule has 2 aromatic rings. The fraction of sp³-hybridized carbons (Fsp3) is 0.364. The van der Waals surface area contributed by atoms with Gasteiger partial charge in [-0.3, -0.25) is 4.79 Å². The maximum Gasteiger partial charge on any atom is 0.337 e. The van der Waals surface area contributed by atoms with Crippen LogP contribution < -0.4 is 5.32 Å². The first kappa shape index (κ1) is 23.2. The largest absolute Gasteiger partial charge is 0.465 e. The van der Waals surface area contributed by atoms with Crippen LogP contribution in [0, 0.1) is 0 Å². The van der Waals surface area contributed by atoms with Gasteiger partial charge in [0.2, 0.25) is 10.0 Å². The molecule has 0 bridgehead atoms. The van der Waals surface area contributed by atoms with Gasteiger partial charge < -0.3 is 10.1 Å². The van der Waals surface area contributed by atoms with E-state index in [1.165, 1.54) is 29.6 Å². The van der Waals surface area contributed by atoms with Crippen LogP contribution in [0.2, 0.25) is 5.02 Å². The van der Waals surface area contributed by atoms with Gasteiger partial charge in [0, 0.05) is 25.2 Å². The van der Waals surface area contributed by atoms with Gasteiger partial charge in [-0.2, -0.15) is 4.31 Å². The number of methoxy groups -OCH3 is 1. The van der Waals surface area contributed by atoms with Gasteiger partial charge in [0.1, 0.15) is 4.90 Å². The van der Waals surface area contributed by atoms with Crippen LogP contribution in [0.15, 0.2) is 47.4 Å². The van der Waals surface area contributed by atoms with Crippen LogP contribution in [-0.4, -0.2) is 44.8 Å². The number of carbonyl (C=O) groups excluding carboxylic acids is 2. The quantitative estimate of drug-likeness (QED) is 0.659. The summed E-state index contributed by atoms with van der Waals surface area (Å²) in [6, 6.07) is 10.9. The van der Waals surface area contributed by atoms with Crippen molar-refractivity contribution in [1.82, 2.24) is 9.62 Å². The van der Waals surface area contributed by atoms with Gasteiger partial charge >= 0.3 is 5.97 Å². The molecule has 3 rings (SSSR count). The van der Waals surface area contributed by atoms with Gasteiger partial charge in [-0.25, -0.2) is 13.2 Å². The van der Waals surface area contributed by atoms with Crippen molar-refractivity contribution in [2.24, 2.45) is 0 Å². The summed E-state index contributed by atoms with van der Waals surface area (Å²) < 4.78 is 32.3. The number of sulfonamides is 1. The number of halogens is 1. The van der Waals surface area contributed by atoms with Crippen LogP contribution in [-0.2, 0) is 21.3 Å². The first-order valence-electron chi connectivity index (χ1n) is 10.1. The molecule has 2 aromatic carbocycles. The molecule has 0 spiro atoms. The van der Waals surface area contributed by atoms with Crippen molar-refractivity contribution in [3.8, 4) is 0 Å². The molecule has 0 aliphatic carbocycles. The van der Waals surface area contributed by atoms with E-state index in [4.69, 9.17) is 11.6 Å². The highest BCUT2D eigenvalue weighted by Gasteiger charge is 2.28. The average Bonchev–Trinajstić information content (AvgIpc) is 3.07. The summed E-state index contributed by atoms with van der Waals surface area (Å²) in [6.45, 7) is 1.13. The number of benzene rings is 2. The van der Waals surface area contributed by atoms with Gasteiger partial charge in [-0.15, -0.1) is 0 Å². The van der Waals surface area contributed by atoms with Crippen LogP contribution in [0.3, 0.4) is 0 Å². The Hall–Kier alpha value is -2.42. The van der Waals surface area contributed by atoms with Crippen LogP contribution in [0.25, 0.3) is 0 Å². The second-order valence-electron chi connectivity index (χ2n) is 7.33. The van der Waals surface area contributed by atoms with E-state index in [0.717, 1.165) is 31.2 Å². The Kier molecular flexibility index (Phi) is 7.69. The Balaban J connectivity index is 1.73. The monoisotopic (exact) mass is 464 g/mol. The summed E-state index contributed by atoms with van der Waals surface area (Å²) >= 11 is 6.20. The van der Waals surface area contributed by atoms with E-state index < -0.39 is 21.9 Å². The Morgan fingerprint density at radius 1 is 1.00 bits per heavy atom. The van der Waals surface area contributed by atoms with Crippen molar-refractivity contribution < 1.29 is 22.7 Å². The zero-order chi connectivity index (χ0) is 22.4. The van der Waals surface area contributed by atoms with E-state index in [1.54, 1.807) is 24.3 Å². The molecule has 1 fully saturated rings. The molecule has 166 valence electrons. The minimum atomic E-state index is -3.78. The minimum Gasteiger partial charge on any atom is -0.465 e. The molecule has 1 aliphatic heterocycles. The number of nitrogens with one attached hydrogen (secondary N) is 1. The molecule has 0 saturated carbocycles. The number of esters is 1. The third-order valence-electron chi connectivity index (χ3n) is 5.20. The summed E-state index contributed by atoms with van der Waals surface area (Å²) in [4.78, 5) is 24.1. The summed E-state index contributed by atoms with van der Waals surface area (Å²) in [7, 11) is -2.47. The summed E-state index contributed by atoms with van der Waals surface area (Å²) in [5.41, 5.74) is 1.41. The fourth-order valence-electron chi connectivity index (χ4n) is 3.42. The van der Waals surface area contributed by atoms with Crippen LogP contribution in [0.4, 0.5) is 0 Å². The SMILES string of the molecule is COC(=O)c1ccc(CNC(=O)c2ccc(Cl)c(S(=O)(=O)N3CCCCCC3)c2)cc1. The highest BCUT2D eigenvalue weighted by atomic mass is 35.5. The molecule has 1 amide bonds. The van der Waals surface area contributed by atoms with Crippen molar-refractivity contribution in [1.29, 1.82) is 0 Å². The molecule has 1 saturated heterocycles. The van der Waals surface area contributed by atoms with E-state index in [1.807, 2.05) is 0 Å². The normalized spacial score (nSPS) is 15.2. The average molecular weight is 465 g/mol. The Bertz CT molecular complexity index is 1050. The summed E-state index contributed by atoms with van der Waals surface area (Å²) in [5.74, 6) is -0.851. The zero-order valence-electron chi connectivity index (χ0n) is 17.3. The predicted octanol–water partition coefficient (Wildman–Crippen LogP) is 3.62. The maximum atomic E-state index is 13.1. The summed E-state index contributed by atoms with van der Waals surface area (Å²) in [5, 5.41) is 2.86. The highest BCUT2D eigenvalue weighted by molar-refractivity contribution is 7.89. The number of hydrogen-bond acceptors (Lipinski definition) is 5. The van der Waals surface area contributed by atoms with Gasteiger partial charge in [0.05, 0.1) is 17.7 Å². The van der Waals surface area contributed by atoms with Gasteiger partial charge in [0.15, 0.2) is 0 Å². The molecule has 1 aliphatic rings. The van der Waals surface area contributed by atoms with Gasteiger partial charge in [0.25, 0.3) is 5.91 Å². The van der Waals surface area contributed by atoms with Gasteiger partial charge in [-0.1, -0.05) is 36.6 Å². The smallest absolute Gasteiger partial charge is 0.337 e. The second-order valence-corrected chi connectivity index (χ2v) is 9.65. The highest BCUT2D eigenvalue weighted by Crippen LogP contribution is 2.27. The van der Waals surface area contributed by atoms with Crippen molar-refractivity contribution in [3.63, 3.8) is 0 Å². The van der Waals surface area contributed by atoms with E-state index in [2.05, 4.69) is 10.1 Å². The molecule has 7 nitrogen and oxygen atoms in total. The molecule has 0 aromatic heterocycles. The number of amides is 1. The van der Waals surface area contributed by atoms with Crippen molar-refractivity contribution in [2.45, 2.75) is 37.1 Å². The number of hydrogen-bond donors (Lipinski definition) is 1. The zero-order valence-corrected chi connectivity index (χ0v) is 18.8. The van der Waals surface area contributed by atoms with E-state index in [-0.39, 0.29) is 22.0 Å².